The highest BCUT2D eigenvalue weighted by atomic mass is 16.4. The van der Waals surface area contributed by atoms with E-state index in [0.29, 0.717) is 6.42 Å². The van der Waals surface area contributed by atoms with Crippen molar-refractivity contribution in [2.24, 2.45) is 5.73 Å². The molecule has 0 aliphatic rings. The van der Waals surface area contributed by atoms with E-state index in [-0.39, 0.29) is 12.5 Å². The zero-order chi connectivity index (χ0) is 11.3. The minimum atomic E-state index is -0.781. The molecule has 1 unspecified atom stereocenters. The number of aryl methyl sites for hydroxylation is 1. The first-order chi connectivity index (χ1) is 7.13. The van der Waals surface area contributed by atoms with Gasteiger partial charge in [0.1, 0.15) is 0 Å². The first-order valence-electron chi connectivity index (χ1n) is 5.25. The monoisotopic (exact) mass is 210 g/mol. The maximum Gasteiger partial charge on any atom is 0.303 e. The van der Waals surface area contributed by atoms with Gasteiger partial charge in [0, 0.05) is 37.3 Å². The Morgan fingerprint density at radius 2 is 2.40 bits per heavy atom. The van der Waals surface area contributed by atoms with Crippen molar-refractivity contribution in [1.29, 1.82) is 0 Å². The molecule has 0 fully saturated rings. The zero-order valence-corrected chi connectivity index (χ0v) is 9.02. The third kappa shape index (κ3) is 3.75. The molecule has 0 aromatic carbocycles. The van der Waals surface area contributed by atoms with Gasteiger partial charge in [-0.15, -0.1) is 0 Å². The van der Waals surface area contributed by atoms with Crippen molar-refractivity contribution in [3.8, 4) is 0 Å². The average Bonchev–Trinajstić information content (AvgIpc) is 2.62. The smallest absolute Gasteiger partial charge is 0.303 e. The van der Waals surface area contributed by atoms with Crippen molar-refractivity contribution in [3.63, 3.8) is 0 Å². The Bertz CT molecular complexity index is 320. The molecule has 0 amide bonds. The van der Waals surface area contributed by atoms with E-state index in [4.69, 9.17) is 10.8 Å². The minimum Gasteiger partial charge on any atom is -0.481 e. The Morgan fingerprint density at radius 1 is 1.67 bits per heavy atom. The Morgan fingerprint density at radius 3 is 3.00 bits per heavy atom. The number of carbonyl (C=O) groups is 1. The van der Waals surface area contributed by atoms with Crippen LogP contribution in [0.1, 0.15) is 25.5 Å². The normalized spacial score (nSPS) is 12.7. The van der Waals surface area contributed by atoms with Gasteiger partial charge in [0.25, 0.3) is 0 Å². The highest BCUT2D eigenvalue weighted by molar-refractivity contribution is 5.66. The number of carboxylic acid groups (broad SMARTS) is 1. The number of nitrogens with zero attached hydrogens (tertiary/aromatic N) is 1. The largest absolute Gasteiger partial charge is 0.481 e. The van der Waals surface area contributed by atoms with E-state index in [9.17, 15) is 4.79 Å². The van der Waals surface area contributed by atoms with Crippen molar-refractivity contribution in [1.82, 2.24) is 4.57 Å². The first kappa shape index (κ1) is 11.8. The Labute approximate surface area is 89.7 Å². The van der Waals surface area contributed by atoms with Gasteiger partial charge < -0.3 is 15.4 Å². The molecule has 1 heterocycles. The predicted octanol–water partition coefficient (Wildman–Crippen LogP) is 1.24. The summed E-state index contributed by atoms with van der Waals surface area (Å²) in [6.07, 6.45) is 3.44. The fourth-order valence-corrected chi connectivity index (χ4v) is 1.62. The van der Waals surface area contributed by atoms with Crippen LogP contribution < -0.4 is 5.73 Å². The van der Waals surface area contributed by atoms with E-state index in [0.717, 1.165) is 13.0 Å². The number of hydrogen-bond acceptors (Lipinski definition) is 2. The lowest BCUT2D eigenvalue weighted by Gasteiger charge is -2.12. The minimum absolute atomic E-state index is 0.0682. The number of nitrogens with two attached hydrogens (primary N) is 1. The molecule has 0 radical (unpaired) electrons. The van der Waals surface area contributed by atoms with Gasteiger partial charge in [-0.05, 0) is 25.5 Å². The lowest BCUT2D eigenvalue weighted by atomic mass is 10.1. The van der Waals surface area contributed by atoms with Crippen molar-refractivity contribution in [2.75, 3.05) is 0 Å². The van der Waals surface area contributed by atoms with E-state index < -0.39 is 5.97 Å². The van der Waals surface area contributed by atoms with Gasteiger partial charge >= 0.3 is 5.97 Å². The summed E-state index contributed by atoms with van der Waals surface area (Å²) in [5.41, 5.74) is 7.04. The molecule has 3 N–H and O–H groups in total. The number of aliphatic carboxylic acids is 1. The fraction of sp³-hybridized carbons (Fsp3) is 0.545. The maximum atomic E-state index is 10.4. The third-order valence-corrected chi connectivity index (χ3v) is 2.46. The molecule has 1 atom stereocenters. The first-order valence-corrected chi connectivity index (χ1v) is 5.25. The molecular weight excluding hydrogens is 192 g/mol. The topological polar surface area (TPSA) is 68.2 Å². The van der Waals surface area contributed by atoms with Gasteiger partial charge in [0.05, 0.1) is 0 Å². The summed E-state index contributed by atoms with van der Waals surface area (Å²) < 4.78 is 2.13. The Kier molecular flexibility index (Phi) is 4.37. The van der Waals surface area contributed by atoms with E-state index in [1.54, 1.807) is 0 Å². The summed E-state index contributed by atoms with van der Waals surface area (Å²) in [4.78, 5) is 10.4. The lowest BCUT2D eigenvalue weighted by molar-refractivity contribution is -0.137. The molecule has 0 aliphatic carbocycles. The van der Waals surface area contributed by atoms with Crippen LogP contribution in [0.5, 0.6) is 0 Å². The molecular formula is C11H18N2O2. The van der Waals surface area contributed by atoms with Crippen molar-refractivity contribution >= 4 is 5.97 Å². The van der Waals surface area contributed by atoms with Gasteiger partial charge in [-0.25, -0.2) is 0 Å². The lowest BCUT2D eigenvalue weighted by Crippen LogP contribution is -2.25. The van der Waals surface area contributed by atoms with Crippen molar-refractivity contribution in [2.45, 2.75) is 38.8 Å². The molecule has 0 spiro atoms. The molecule has 15 heavy (non-hydrogen) atoms. The molecule has 0 bridgehead atoms. The van der Waals surface area contributed by atoms with Crippen LogP contribution in [-0.2, 0) is 17.8 Å². The second-order valence-corrected chi connectivity index (χ2v) is 3.68. The molecule has 0 saturated heterocycles. The number of rotatable bonds is 6. The maximum absolute atomic E-state index is 10.4. The predicted molar refractivity (Wildman–Crippen MR) is 58.7 cm³/mol. The molecule has 1 aromatic rings. The second-order valence-electron chi connectivity index (χ2n) is 3.68. The van der Waals surface area contributed by atoms with Gasteiger partial charge in [-0.2, -0.15) is 0 Å². The second kappa shape index (κ2) is 5.56. The van der Waals surface area contributed by atoms with Crippen molar-refractivity contribution < 1.29 is 9.90 Å². The number of carboxylic acids is 1. The fourth-order valence-electron chi connectivity index (χ4n) is 1.62. The van der Waals surface area contributed by atoms with E-state index in [1.807, 2.05) is 18.3 Å². The third-order valence-electron chi connectivity index (χ3n) is 2.46. The molecule has 4 nitrogen and oxygen atoms in total. The van der Waals surface area contributed by atoms with E-state index in [2.05, 4.69) is 11.5 Å². The van der Waals surface area contributed by atoms with Crippen LogP contribution in [0, 0.1) is 0 Å². The van der Waals surface area contributed by atoms with Crippen LogP contribution >= 0.6 is 0 Å². The van der Waals surface area contributed by atoms with Crippen LogP contribution in [-0.4, -0.2) is 21.7 Å². The summed E-state index contributed by atoms with van der Waals surface area (Å²) in [7, 11) is 0. The van der Waals surface area contributed by atoms with Gasteiger partial charge in [-0.3, -0.25) is 4.79 Å². The van der Waals surface area contributed by atoms with Gasteiger partial charge in [-0.1, -0.05) is 0 Å². The van der Waals surface area contributed by atoms with Gasteiger partial charge in [0.2, 0.25) is 0 Å². The van der Waals surface area contributed by atoms with Crippen LogP contribution in [0.4, 0.5) is 0 Å². The summed E-state index contributed by atoms with van der Waals surface area (Å²) in [6.45, 7) is 3.00. The van der Waals surface area contributed by atoms with Crippen LogP contribution in [0.2, 0.25) is 0 Å². The number of aromatic nitrogens is 1. The van der Waals surface area contributed by atoms with E-state index >= 15 is 0 Å². The van der Waals surface area contributed by atoms with Crippen LogP contribution in [0.3, 0.4) is 0 Å². The van der Waals surface area contributed by atoms with Gasteiger partial charge in [0.15, 0.2) is 0 Å². The molecule has 1 rings (SSSR count). The van der Waals surface area contributed by atoms with Crippen molar-refractivity contribution in [3.05, 3.63) is 24.0 Å². The molecule has 4 heteroatoms. The number of hydrogen-bond donors (Lipinski definition) is 2. The summed E-state index contributed by atoms with van der Waals surface area (Å²) in [5, 5.41) is 8.53. The summed E-state index contributed by atoms with van der Waals surface area (Å²) >= 11 is 0. The highest BCUT2D eigenvalue weighted by Gasteiger charge is 2.08. The zero-order valence-electron chi connectivity index (χ0n) is 9.02. The van der Waals surface area contributed by atoms with E-state index in [1.165, 1.54) is 5.69 Å². The summed E-state index contributed by atoms with van der Waals surface area (Å²) in [6, 6.07) is 3.95. The molecule has 1 aromatic heterocycles. The standard InChI is InChI=1S/C11H18N2O2/c1-2-13-7-3-4-10(13)8-9(12)5-6-11(14)15/h3-4,7,9H,2,5-6,8,12H2,1H3,(H,14,15). The summed E-state index contributed by atoms with van der Waals surface area (Å²) in [5.74, 6) is -0.781. The van der Waals surface area contributed by atoms with Crippen LogP contribution in [0.25, 0.3) is 0 Å². The highest BCUT2D eigenvalue weighted by Crippen LogP contribution is 2.07. The van der Waals surface area contributed by atoms with Crippen LogP contribution in [0.15, 0.2) is 18.3 Å². The average molecular weight is 210 g/mol. The molecule has 0 aliphatic heterocycles. The quantitative estimate of drug-likeness (QED) is 0.742. The Hall–Kier alpha value is -1.29. The SMILES string of the molecule is CCn1cccc1CC(N)CCC(=O)O. The Balaban J connectivity index is 2.43. The molecule has 84 valence electrons. The molecule has 0 saturated carbocycles.